The number of amides is 1. The zero-order valence-corrected chi connectivity index (χ0v) is 16.9. The van der Waals surface area contributed by atoms with Crippen LogP contribution in [0, 0.1) is 5.82 Å². The highest BCUT2D eigenvalue weighted by Gasteiger charge is 2.49. The van der Waals surface area contributed by atoms with Gasteiger partial charge in [0.05, 0.1) is 31.2 Å². The molecule has 6 nitrogen and oxygen atoms in total. The van der Waals surface area contributed by atoms with Crippen molar-refractivity contribution in [1.82, 2.24) is 4.90 Å². The monoisotopic (exact) mass is 418 g/mol. The van der Waals surface area contributed by atoms with Gasteiger partial charge in [0.25, 0.3) is 0 Å². The number of nitrogens with zero attached hydrogens (tertiary/aromatic N) is 2. The fraction of sp³-hybridized carbons (Fsp3) is 0.381. The molecule has 2 aromatic rings. The van der Waals surface area contributed by atoms with Gasteiger partial charge in [-0.1, -0.05) is 18.2 Å². The van der Waals surface area contributed by atoms with Gasteiger partial charge in [0.15, 0.2) is 9.84 Å². The van der Waals surface area contributed by atoms with Crippen LogP contribution in [0.15, 0.2) is 48.5 Å². The van der Waals surface area contributed by atoms with Crippen LogP contribution in [0.1, 0.15) is 5.56 Å². The number of piperazine rings is 1. The molecule has 4 rings (SSSR count). The molecule has 2 heterocycles. The van der Waals surface area contributed by atoms with Gasteiger partial charge >= 0.3 is 0 Å². The fourth-order valence-electron chi connectivity index (χ4n) is 4.22. The van der Waals surface area contributed by atoms with Crippen LogP contribution in [0.3, 0.4) is 0 Å². The fourth-order valence-corrected chi connectivity index (χ4v) is 6.20. The lowest BCUT2D eigenvalue weighted by Crippen LogP contribution is -2.62. The smallest absolute Gasteiger partial charge is 0.241 e. The van der Waals surface area contributed by atoms with E-state index in [9.17, 15) is 17.6 Å². The summed E-state index contributed by atoms with van der Waals surface area (Å²) in [5, 5.41) is 0. The Morgan fingerprint density at radius 3 is 2.55 bits per heavy atom. The quantitative estimate of drug-likeness (QED) is 0.742. The molecule has 8 heteroatoms. The number of methoxy groups -OCH3 is 1. The lowest BCUT2D eigenvalue weighted by atomic mass is 10.0. The molecule has 2 saturated heterocycles. The van der Waals surface area contributed by atoms with E-state index in [0.717, 1.165) is 5.56 Å². The average Bonchev–Trinajstić information content (AvgIpc) is 3.02. The molecule has 0 saturated carbocycles. The van der Waals surface area contributed by atoms with E-state index in [-0.39, 0.29) is 35.8 Å². The SMILES string of the molecule is COc1cccc(N2C(=O)CN(CCc3ccc(F)cc3)[C@@H]3CS(=O)(=O)C[C@H]32)c1. The molecular formula is C21H23FN2O4S. The number of benzene rings is 2. The first-order chi connectivity index (χ1) is 13.9. The van der Waals surface area contributed by atoms with E-state index in [4.69, 9.17) is 4.74 Å². The van der Waals surface area contributed by atoms with Crippen LogP contribution < -0.4 is 9.64 Å². The second kappa shape index (κ2) is 7.76. The van der Waals surface area contributed by atoms with Crippen molar-refractivity contribution < 1.29 is 22.3 Å². The van der Waals surface area contributed by atoms with Gasteiger partial charge in [0, 0.05) is 24.3 Å². The molecule has 0 aliphatic carbocycles. The molecule has 2 fully saturated rings. The van der Waals surface area contributed by atoms with Gasteiger partial charge in [-0.25, -0.2) is 12.8 Å². The maximum atomic E-state index is 13.1. The number of ether oxygens (including phenoxy) is 1. The zero-order valence-electron chi connectivity index (χ0n) is 16.1. The van der Waals surface area contributed by atoms with E-state index < -0.39 is 15.9 Å². The van der Waals surface area contributed by atoms with Crippen molar-refractivity contribution in [3.8, 4) is 5.75 Å². The molecule has 1 amide bonds. The van der Waals surface area contributed by atoms with E-state index >= 15 is 0 Å². The van der Waals surface area contributed by atoms with Crippen LogP contribution in [0.4, 0.5) is 10.1 Å². The molecule has 2 aliphatic heterocycles. The molecule has 0 radical (unpaired) electrons. The molecule has 0 unspecified atom stereocenters. The Kier molecular flexibility index (Phi) is 5.31. The average molecular weight is 418 g/mol. The van der Waals surface area contributed by atoms with Crippen LogP contribution in [0.5, 0.6) is 5.75 Å². The summed E-state index contributed by atoms with van der Waals surface area (Å²) in [5.41, 5.74) is 1.60. The topological polar surface area (TPSA) is 66.9 Å². The van der Waals surface area contributed by atoms with Gasteiger partial charge in [-0.3, -0.25) is 9.69 Å². The third-order valence-electron chi connectivity index (χ3n) is 5.63. The number of carbonyl (C=O) groups is 1. The van der Waals surface area contributed by atoms with Gasteiger partial charge in [-0.15, -0.1) is 0 Å². The summed E-state index contributed by atoms with van der Waals surface area (Å²) >= 11 is 0. The van der Waals surface area contributed by atoms with Crippen LogP contribution >= 0.6 is 0 Å². The third kappa shape index (κ3) is 4.13. The first-order valence-electron chi connectivity index (χ1n) is 9.51. The highest BCUT2D eigenvalue weighted by molar-refractivity contribution is 7.91. The Morgan fingerprint density at radius 2 is 1.83 bits per heavy atom. The lowest BCUT2D eigenvalue weighted by molar-refractivity contribution is -0.123. The van der Waals surface area contributed by atoms with Crippen molar-refractivity contribution in [3.63, 3.8) is 0 Å². The standard InChI is InChI=1S/C21H23FN2O4S/c1-28-18-4-2-3-17(11-18)24-20-14-29(26,27)13-19(20)23(12-21(24)25)10-9-15-5-7-16(22)8-6-15/h2-8,11,19-20H,9-10,12-14H2,1H3/t19-,20-/m1/s1. The van der Waals surface area contributed by atoms with Gasteiger partial charge < -0.3 is 9.64 Å². The molecule has 0 bridgehead atoms. The molecule has 2 aliphatic rings. The second-order valence-corrected chi connectivity index (χ2v) is 9.68. The summed E-state index contributed by atoms with van der Waals surface area (Å²) in [4.78, 5) is 16.6. The van der Waals surface area contributed by atoms with Crippen molar-refractivity contribution in [2.75, 3.05) is 36.6 Å². The minimum Gasteiger partial charge on any atom is -0.497 e. The van der Waals surface area contributed by atoms with Crippen molar-refractivity contribution in [3.05, 3.63) is 59.9 Å². The molecule has 0 N–H and O–H groups in total. The highest BCUT2D eigenvalue weighted by atomic mass is 32.2. The molecule has 154 valence electrons. The van der Waals surface area contributed by atoms with Crippen LogP contribution in [0.2, 0.25) is 0 Å². The van der Waals surface area contributed by atoms with Crippen molar-refractivity contribution in [2.24, 2.45) is 0 Å². The van der Waals surface area contributed by atoms with Crippen LogP contribution in [-0.4, -0.2) is 63.0 Å². The molecule has 0 aromatic heterocycles. The highest BCUT2D eigenvalue weighted by Crippen LogP contribution is 2.33. The first kappa shape index (κ1) is 19.8. The number of halogens is 1. The molecule has 29 heavy (non-hydrogen) atoms. The maximum absolute atomic E-state index is 13.1. The second-order valence-electron chi connectivity index (χ2n) is 7.52. The normalized spacial score (nSPS) is 23.8. The number of anilines is 1. The number of hydrogen-bond acceptors (Lipinski definition) is 5. The molecule has 0 spiro atoms. The van der Waals surface area contributed by atoms with E-state index in [0.29, 0.717) is 24.4 Å². The number of hydrogen-bond donors (Lipinski definition) is 0. The summed E-state index contributed by atoms with van der Waals surface area (Å²) in [5.74, 6) is 0.183. The van der Waals surface area contributed by atoms with E-state index in [2.05, 4.69) is 0 Å². The van der Waals surface area contributed by atoms with Crippen molar-refractivity contribution >= 4 is 21.4 Å². The largest absolute Gasteiger partial charge is 0.497 e. The minimum absolute atomic E-state index is 0.0365. The van der Waals surface area contributed by atoms with Crippen LogP contribution in [0.25, 0.3) is 0 Å². The summed E-state index contributed by atoms with van der Waals surface area (Å²) in [6.07, 6.45) is 0.621. The minimum atomic E-state index is -3.25. The summed E-state index contributed by atoms with van der Waals surface area (Å²) in [7, 11) is -1.69. The molecular weight excluding hydrogens is 395 g/mol. The number of fused-ring (bicyclic) bond motifs is 1. The van der Waals surface area contributed by atoms with Gasteiger partial charge in [-0.2, -0.15) is 0 Å². The maximum Gasteiger partial charge on any atom is 0.241 e. The first-order valence-corrected chi connectivity index (χ1v) is 11.3. The van der Waals surface area contributed by atoms with Crippen molar-refractivity contribution in [2.45, 2.75) is 18.5 Å². The summed E-state index contributed by atoms with van der Waals surface area (Å²) in [6.45, 7) is 0.690. The van der Waals surface area contributed by atoms with Gasteiger partial charge in [0.1, 0.15) is 11.6 Å². The van der Waals surface area contributed by atoms with E-state index in [1.807, 2.05) is 4.90 Å². The van der Waals surface area contributed by atoms with Crippen LogP contribution in [-0.2, 0) is 21.1 Å². The Balaban J connectivity index is 1.58. The Morgan fingerprint density at radius 1 is 1.10 bits per heavy atom. The van der Waals surface area contributed by atoms with E-state index in [1.54, 1.807) is 48.4 Å². The Labute approximate surface area is 169 Å². The predicted octanol–water partition coefficient (Wildman–Crippen LogP) is 1.89. The molecule has 2 aromatic carbocycles. The third-order valence-corrected chi connectivity index (χ3v) is 7.33. The number of sulfone groups is 1. The number of carbonyl (C=O) groups excluding carboxylic acids is 1. The Bertz CT molecular complexity index is 1010. The summed E-state index contributed by atoms with van der Waals surface area (Å²) < 4.78 is 43.2. The zero-order chi connectivity index (χ0) is 20.6. The predicted molar refractivity (Wildman–Crippen MR) is 108 cm³/mol. The van der Waals surface area contributed by atoms with Crippen molar-refractivity contribution in [1.29, 1.82) is 0 Å². The van der Waals surface area contributed by atoms with Gasteiger partial charge in [-0.05, 0) is 36.2 Å². The molecule has 2 atom stereocenters. The lowest BCUT2D eigenvalue weighted by Gasteiger charge is -2.43. The summed E-state index contributed by atoms with van der Waals surface area (Å²) in [6, 6.07) is 12.7. The van der Waals surface area contributed by atoms with Gasteiger partial charge in [0.2, 0.25) is 5.91 Å². The van der Waals surface area contributed by atoms with E-state index in [1.165, 1.54) is 12.1 Å². The number of rotatable bonds is 5. The Hall–Kier alpha value is -2.45.